The van der Waals surface area contributed by atoms with Gasteiger partial charge < -0.3 is 0 Å². The molecule has 202 valence electrons. The van der Waals surface area contributed by atoms with E-state index in [0.29, 0.717) is 0 Å². The van der Waals surface area contributed by atoms with Crippen LogP contribution in [0.2, 0.25) is 0 Å². The predicted octanol–water partition coefficient (Wildman–Crippen LogP) is 11.5. The minimum Gasteiger partial charge on any atom is -0.135 e. The lowest BCUT2D eigenvalue weighted by molar-refractivity contribution is 1.04. The molecule has 1 unspecified atom stereocenters. The van der Waals surface area contributed by atoms with E-state index >= 15 is 0 Å². The summed E-state index contributed by atoms with van der Waals surface area (Å²) in [7, 11) is 0. The maximum absolute atomic E-state index is 3.49. The summed E-state index contributed by atoms with van der Waals surface area (Å²) in [4.78, 5) is 2.57. The molecule has 1 heterocycles. The van der Waals surface area contributed by atoms with E-state index in [-0.39, 0.29) is 5.92 Å². The van der Waals surface area contributed by atoms with Crippen LogP contribution >= 0.6 is 11.3 Å². The molecule has 0 fully saturated rings. The molecule has 0 N–H and O–H groups in total. The molecule has 0 nitrogen and oxygen atoms in total. The van der Waals surface area contributed by atoms with Crippen LogP contribution in [0.4, 0.5) is 0 Å². The van der Waals surface area contributed by atoms with Gasteiger partial charge in [0.2, 0.25) is 0 Å². The maximum atomic E-state index is 3.49. The topological polar surface area (TPSA) is 0 Å². The van der Waals surface area contributed by atoms with E-state index in [4.69, 9.17) is 0 Å². The summed E-state index contributed by atoms with van der Waals surface area (Å²) < 4.78 is 0. The van der Waals surface area contributed by atoms with Crippen LogP contribution in [0.1, 0.15) is 12.0 Å². The summed E-state index contributed by atoms with van der Waals surface area (Å²) in [6.07, 6.45) is 14.0. The Hall–Kier alpha value is -5.16. The molecule has 1 heteroatoms. The van der Waals surface area contributed by atoms with Crippen LogP contribution in [0.5, 0.6) is 0 Å². The van der Waals surface area contributed by atoms with E-state index in [1.54, 1.807) is 0 Å². The van der Waals surface area contributed by atoms with E-state index in [1.165, 1.54) is 70.3 Å². The fraction of sp³-hybridized carbons (Fsp3) is 0.0476. The molecule has 0 aliphatic heterocycles. The molecule has 0 amide bonds. The van der Waals surface area contributed by atoms with Crippen molar-refractivity contribution in [3.05, 3.63) is 163 Å². The highest BCUT2D eigenvalue weighted by Crippen LogP contribution is 2.45. The largest absolute Gasteiger partial charge is 0.135 e. The van der Waals surface area contributed by atoms with Gasteiger partial charge >= 0.3 is 0 Å². The molecule has 2 aliphatic carbocycles. The molecule has 0 radical (unpaired) electrons. The van der Waals surface area contributed by atoms with Gasteiger partial charge in [-0.15, -0.1) is 11.3 Å². The van der Waals surface area contributed by atoms with Crippen molar-refractivity contribution in [2.24, 2.45) is 5.92 Å². The lowest BCUT2D eigenvalue weighted by Gasteiger charge is -2.22. The van der Waals surface area contributed by atoms with Gasteiger partial charge in [0, 0.05) is 16.2 Å². The van der Waals surface area contributed by atoms with Crippen LogP contribution < -0.4 is 0 Å². The number of fused-ring (bicyclic) bond motifs is 3. The Morgan fingerprint density at radius 1 is 0.558 bits per heavy atom. The molecule has 6 aromatic rings. The molecule has 2 aliphatic rings. The van der Waals surface area contributed by atoms with Gasteiger partial charge in [0.25, 0.3) is 0 Å². The van der Waals surface area contributed by atoms with Gasteiger partial charge in [0.15, 0.2) is 0 Å². The zero-order valence-corrected chi connectivity index (χ0v) is 24.4. The highest BCUT2D eigenvalue weighted by molar-refractivity contribution is 7.18. The van der Waals surface area contributed by atoms with Gasteiger partial charge in [0.1, 0.15) is 0 Å². The fourth-order valence-corrected chi connectivity index (χ4v) is 7.47. The lowest BCUT2D eigenvalue weighted by Crippen LogP contribution is -2.04. The number of allylic oxidation sites excluding steroid dienone is 8. The Kier molecular flexibility index (Phi) is 6.48. The molecule has 8 rings (SSSR count). The first-order chi connectivity index (χ1) is 21.3. The second kappa shape index (κ2) is 10.9. The van der Waals surface area contributed by atoms with Crippen LogP contribution in [0, 0.1) is 17.8 Å². The Morgan fingerprint density at radius 3 is 1.93 bits per heavy atom. The number of rotatable bonds is 4. The fourth-order valence-electron chi connectivity index (χ4n) is 6.46. The van der Waals surface area contributed by atoms with Crippen LogP contribution in [-0.4, -0.2) is 0 Å². The van der Waals surface area contributed by atoms with E-state index in [2.05, 4.69) is 164 Å². The molecular weight excluding hydrogens is 537 g/mol. The van der Waals surface area contributed by atoms with Crippen LogP contribution in [-0.2, 0) is 0 Å². The predicted molar refractivity (Wildman–Crippen MR) is 186 cm³/mol. The first kappa shape index (κ1) is 25.5. The van der Waals surface area contributed by atoms with Crippen molar-refractivity contribution in [1.82, 2.24) is 0 Å². The van der Waals surface area contributed by atoms with E-state index < -0.39 is 0 Å². The third-order valence-corrected chi connectivity index (χ3v) is 9.58. The standard InChI is InChI=1S/C42H28S/c1-4-16-30(17-5-1)39-26-27-40(43-39)31-18-13-19-32(28-31)41-35-22-9-11-24-37(35)42(38-25-12-10-23-36(38)41)34-21-6-2-3-14-29-15-7-8-20-33(29)34/h1,4-13,15-29H,2H2/b21-6-,34-33+. The Morgan fingerprint density at radius 2 is 1.19 bits per heavy atom. The Labute approximate surface area is 256 Å². The molecule has 1 atom stereocenters. The van der Waals surface area contributed by atoms with Crippen molar-refractivity contribution < 1.29 is 0 Å². The Bertz CT molecular complexity index is 2150. The molecule has 0 saturated carbocycles. The Balaban J connectivity index is 1.36. The number of thiophene rings is 1. The summed E-state index contributed by atoms with van der Waals surface area (Å²) in [5.74, 6) is 6.93. The van der Waals surface area contributed by atoms with Crippen molar-refractivity contribution in [3.8, 4) is 43.8 Å². The quantitative estimate of drug-likeness (QED) is 0.148. The summed E-state index contributed by atoms with van der Waals surface area (Å²) in [5, 5.41) is 5.08. The second-order valence-electron chi connectivity index (χ2n) is 11.0. The average molecular weight is 565 g/mol. The molecule has 0 spiro atoms. The minimum atomic E-state index is 0.102. The number of hydrogen-bond donors (Lipinski definition) is 0. The van der Waals surface area contributed by atoms with E-state index in [9.17, 15) is 0 Å². The first-order valence-electron chi connectivity index (χ1n) is 14.8. The van der Waals surface area contributed by atoms with Gasteiger partial charge in [0.05, 0.1) is 5.92 Å². The molecular formula is C42H28S. The molecule has 0 saturated heterocycles. The van der Waals surface area contributed by atoms with E-state index in [0.717, 1.165) is 6.42 Å². The summed E-state index contributed by atoms with van der Waals surface area (Å²) in [6.45, 7) is 0. The van der Waals surface area contributed by atoms with E-state index in [1.807, 2.05) is 11.3 Å². The monoisotopic (exact) mass is 564 g/mol. The third kappa shape index (κ3) is 4.58. The van der Waals surface area contributed by atoms with Crippen LogP contribution in [0.15, 0.2) is 157 Å². The van der Waals surface area contributed by atoms with Crippen molar-refractivity contribution in [2.75, 3.05) is 0 Å². The third-order valence-electron chi connectivity index (χ3n) is 8.40. The second-order valence-corrected chi connectivity index (χ2v) is 12.1. The van der Waals surface area contributed by atoms with Gasteiger partial charge in [-0.1, -0.05) is 145 Å². The summed E-state index contributed by atoms with van der Waals surface area (Å²) >= 11 is 1.85. The number of hydrogen-bond acceptors (Lipinski definition) is 1. The summed E-state index contributed by atoms with van der Waals surface area (Å²) in [6, 6.07) is 42.1. The average Bonchev–Trinajstić information content (AvgIpc) is 3.56. The number of benzene rings is 5. The van der Waals surface area contributed by atoms with Gasteiger partial charge in [-0.25, -0.2) is 0 Å². The minimum absolute atomic E-state index is 0.102. The van der Waals surface area contributed by atoms with Crippen LogP contribution in [0.3, 0.4) is 0 Å². The SMILES string of the molecule is C1#CC2C=CC=C/C2=C(c2c3ccccc3c(-c3cccc(-c4ccc(-c5ccccc5)s4)c3)c3ccccc23)/C=C\C1. The highest BCUT2D eigenvalue weighted by atomic mass is 32.1. The van der Waals surface area contributed by atoms with Gasteiger partial charge in [-0.05, 0) is 78.7 Å². The normalized spacial score (nSPS) is 18.1. The molecule has 5 aromatic carbocycles. The smallest absolute Gasteiger partial charge is 0.0641 e. The molecule has 43 heavy (non-hydrogen) atoms. The van der Waals surface area contributed by atoms with Crippen molar-refractivity contribution in [2.45, 2.75) is 6.42 Å². The zero-order valence-electron chi connectivity index (χ0n) is 23.6. The first-order valence-corrected chi connectivity index (χ1v) is 15.6. The maximum Gasteiger partial charge on any atom is 0.0641 e. The van der Waals surface area contributed by atoms with Gasteiger partial charge in [-0.2, -0.15) is 0 Å². The van der Waals surface area contributed by atoms with Crippen LogP contribution in [0.25, 0.3) is 59.1 Å². The highest BCUT2D eigenvalue weighted by Gasteiger charge is 2.21. The lowest BCUT2D eigenvalue weighted by atomic mass is 9.81. The molecule has 0 bridgehead atoms. The zero-order chi connectivity index (χ0) is 28.6. The van der Waals surface area contributed by atoms with Crippen molar-refractivity contribution in [3.63, 3.8) is 0 Å². The summed E-state index contributed by atoms with van der Waals surface area (Å²) in [5.41, 5.74) is 8.85. The van der Waals surface area contributed by atoms with Crippen molar-refractivity contribution in [1.29, 1.82) is 0 Å². The van der Waals surface area contributed by atoms with Crippen molar-refractivity contribution >= 4 is 38.5 Å². The van der Waals surface area contributed by atoms with Gasteiger partial charge in [-0.3, -0.25) is 0 Å². The molecule has 1 aromatic heterocycles.